The van der Waals surface area contributed by atoms with Crippen LogP contribution in [0.3, 0.4) is 0 Å². The molecule has 4 rings (SSSR count). The summed E-state index contributed by atoms with van der Waals surface area (Å²) in [7, 11) is 0. The van der Waals surface area contributed by atoms with Gasteiger partial charge in [-0.15, -0.1) is 0 Å². The fourth-order valence-corrected chi connectivity index (χ4v) is 3.42. The number of benzene rings is 2. The summed E-state index contributed by atoms with van der Waals surface area (Å²) in [5.41, 5.74) is 1.47. The van der Waals surface area contributed by atoms with E-state index in [1.807, 2.05) is 24.3 Å². The van der Waals surface area contributed by atoms with Crippen LogP contribution < -0.4 is 10.1 Å². The molecular formula is C21H23N5O5. The minimum Gasteiger partial charge on any atom is -0.492 e. The topological polar surface area (TPSA) is 123 Å². The zero-order chi connectivity index (χ0) is 21.6. The Balaban J connectivity index is 1.34. The molecule has 10 heteroatoms. The van der Waals surface area contributed by atoms with Crippen LogP contribution >= 0.6 is 0 Å². The first-order chi connectivity index (χ1) is 15.1. The lowest BCUT2D eigenvalue weighted by atomic mass is 10.1. The molecule has 10 nitrogen and oxygen atoms in total. The molecule has 2 N–H and O–H groups in total. The Labute approximate surface area is 178 Å². The summed E-state index contributed by atoms with van der Waals surface area (Å²) in [5, 5.41) is 21.0. The maximum absolute atomic E-state index is 12.6. The molecule has 1 aliphatic rings. The zero-order valence-electron chi connectivity index (χ0n) is 16.9. The van der Waals surface area contributed by atoms with Crippen LogP contribution in [0.15, 0.2) is 42.5 Å². The van der Waals surface area contributed by atoms with E-state index in [1.165, 1.54) is 18.2 Å². The number of morpholine rings is 1. The van der Waals surface area contributed by atoms with E-state index in [-0.39, 0.29) is 17.9 Å². The number of aromatic amines is 1. The van der Waals surface area contributed by atoms with Gasteiger partial charge in [-0.25, -0.2) is 0 Å². The molecule has 0 radical (unpaired) electrons. The summed E-state index contributed by atoms with van der Waals surface area (Å²) < 4.78 is 11.2. The highest BCUT2D eigenvalue weighted by Gasteiger charge is 2.17. The van der Waals surface area contributed by atoms with Crippen LogP contribution in [0.4, 0.5) is 5.69 Å². The van der Waals surface area contributed by atoms with E-state index in [0.29, 0.717) is 17.5 Å². The van der Waals surface area contributed by atoms with Gasteiger partial charge in [0.1, 0.15) is 12.4 Å². The van der Waals surface area contributed by atoms with Gasteiger partial charge in [0.05, 0.1) is 23.7 Å². The molecule has 1 aromatic heterocycles. The van der Waals surface area contributed by atoms with Crippen LogP contribution in [-0.4, -0.2) is 65.4 Å². The van der Waals surface area contributed by atoms with Crippen molar-refractivity contribution in [2.45, 2.75) is 6.54 Å². The van der Waals surface area contributed by atoms with Crippen LogP contribution in [-0.2, 0) is 11.3 Å². The van der Waals surface area contributed by atoms with Crippen LogP contribution in [0, 0.1) is 10.1 Å². The molecule has 0 unspecified atom stereocenters. The zero-order valence-corrected chi connectivity index (χ0v) is 16.9. The van der Waals surface area contributed by atoms with Crippen molar-refractivity contribution in [2.24, 2.45) is 0 Å². The van der Waals surface area contributed by atoms with Gasteiger partial charge in [-0.1, -0.05) is 12.1 Å². The van der Waals surface area contributed by atoms with E-state index >= 15 is 0 Å². The first-order valence-electron chi connectivity index (χ1n) is 10.0. The van der Waals surface area contributed by atoms with Gasteiger partial charge in [-0.3, -0.25) is 24.9 Å². The van der Waals surface area contributed by atoms with E-state index in [1.54, 1.807) is 0 Å². The van der Waals surface area contributed by atoms with Crippen LogP contribution in [0.1, 0.15) is 16.1 Å². The molecule has 31 heavy (non-hydrogen) atoms. The number of carbonyl (C=O) groups is 1. The molecule has 1 fully saturated rings. The molecule has 2 heterocycles. The van der Waals surface area contributed by atoms with Gasteiger partial charge in [0, 0.05) is 43.7 Å². The molecular weight excluding hydrogens is 402 g/mol. The number of hydrogen-bond donors (Lipinski definition) is 2. The number of non-ortho nitro benzene ring substituents is 1. The molecule has 1 amide bonds. The van der Waals surface area contributed by atoms with Gasteiger partial charge in [0.15, 0.2) is 5.69 Å². The average Bonchev–Trinajstić information content (AvgIpc) is 3.22. The second kappa shape index (κ2) is 9.54. The first kappa shape index (κ1) is 20.8. The number of H-pyrrole nitrogens is 1. The quantitative estimate of drug-likeness (QED) is 0.419. The Bertz CT molecular complexity index is 1080. The Hall–Kier alpha value is -3.50. The molecule has 0 spiro atoms. The third-order valence-electron chi connectivity index (χ3n) is 5.10. The molecule has 0 saturated carbocycles. The van der Waals surface area contributed by atoms with Gasteiger partial charge < -0.3 is 14.8 Å². The third-order valence-corrected chi connectivity index (χ3v) is 5.10. The predicted octanol–water partition coefficient (Wildman–Crippen LogP) is 2.11. The fraction of sp³-hybridized carbons (Fsp3) is 0.333. The van der Waals surface area contributed by atoms with Crippen molar-refractivity contribution in [2.75, 3.05) is 39.5 Å². The number of nitro groups is 1. The van der Waals surface area contributed by atoms with Crippen LogP contribution in [0.5, 0.6) is 5.75 Å². The summed E-state index contributed by atoms with van der Waals surface area (Å²) in [5.74, 6) is 0.325. The van der Waals surface area contributed by atoms with Gasteiger partial charge in [0.2, 0.25) is 0 Å². The van der Waals surface area contributed by atoms with E-state index in [9.17, 15) is 14.9 Å². The van der Waals surface area contributed by atoms with Gasteiger partial charge in [0.25, 0.3) is 11.6 Å². The smallest absolute Gasteiger partial charge is 0.272 e. The van der Waals surface area contributed by atoms with Gasteiger partial charge in [-0.05, 0) is 23.8 Å². The number of rotatable bonds is 8. The van der Waals surface area contributed by atoms with Crippen LogP contribution in [0.25, 0.3) is 10.9 Å². The van der Waals surface area contributed by atoms with Gasteiger partial charge in [-0.2, -0.15) is 5.10 Å². The number of hydrogen-bond acceptors (Lipinski definition) is 7. The highest BCUT2D eigenvalue weighted by molar-refractivity contribution is 6.05. The number of carbonyl (C=O) groups excluding carboxylic acids is 1. The van der Waals surface area contributed by atoms with E-state index in [2.05, 4.69) is 20.4 Å². The summed E-state index contributed by atoms with van der Waals surface area (Å²) in [4.78, 5) is 25.4. The van der Waals surface area contributed by atoms with Gasteiger partial charge >= 0.3 is 0 Å². The molecule has 3 aromatic rings. The van der Waals surface area contributed by atoms with Crippen molar-refractivity contribution in [3.8, 4) is 5.75 Å². The average molecular weight is 425 g/mol. The lowest BCUT2D eigenvalue weighted by molar-refractivity contribution is -0.384. The standard InChI is InChI=1S/C21H23N5O5/c27-21(20-18-13-16(26(28)29)4-5-19(18)23-24-20)22-14-15-2-1-3-17(12-15)31-11-8-25-6-9-30-10-7-25/h1-5,12-13H,6-11,14H2,(H,22,27)(H,23,24). The van der Waals surface area contributed by atoms with E-state index in [4.69, 9.17) is 9.47 Å². The summed E-state index contributed by atoms with van der Waals surface area (Å²) in [6.45, 7) is 5.04. The maximum Gasteiger partial charge on any atom is 0.272 e. The molecule has 0 aliphatic carbocycles. The number of nitro benzene ring substituents is 1. The normalized spacial score (nSPS) is 14.5. The van der Waals surface area contributed by atoms with Crippen molar-refractivity contribution in [1.29, 1.82) is 0 Å². The number of ether oxygens (including phenoxy) is 2. The Morgan fingerprint density at radius 3 is 2.90 bits per heavy atom. The number of aromatic nitrogens is 2. The second-order valence-corrected chi connectivity index (χ2v) is 7.19. The third kappa shape index (κ3) is 5.16. The number of fused-ring (bicyclic) bond motifs is 1. The summed E-state index contributed by atoms with van der Waals surface area (Å²) in [6, 6.07) is 11.8. The minimum atomic E-state index is -0.501. The largest absolute Gasteiger partial charge is 0.492 e. The highest BCUT2D eigenvalue weighted by atomic mass is 16.6. The second-order valence-electron chi connectivity index (χ2n) is 7.19. The van der Waals surface area contributed by atoms with Crippen molar-refractivity contribution < 1.29 is 19.2 Å². The van der Waals surface area contributed by atoms with E-state index in [0.717, 1.165) is 44.2 Å². The SMILES string of the molecule is O=C(NCc1cccc(OCCN2CCOCC2)c1)c1n[nH]c2ccc([N+](=O)[O-])cc12. The van der Waals surface area contributed by atoms with E-state index < -0.39 is 10.8 Å². The summed E-state index contributed by atoms with van der Waals surface area (Å²) >= 11 is 0. The first-order valence-corrected chi connectivity index (χ1v) is 10.0. The lowest BCUT2D eigenvalue weighted by Crippen LogP contribution is -2.38. The number of nitrogens with one attached hydrogen (secondary N) is 2. The monoisotopic (exact) mass is 425 g/mol. The number of amides is 1. The molecule has 1 aliphatic heterocycles. The lowest BCUT2D eigenvalue weighted by Gasteiger charge is -2.26. The van der Waals surface area contributed by atoms with Crippen molar-refractivity contribution >= 4 is 22.5 Å². The number of nitrogens with zero attached hydrogens (tertiary/aromatic N) is 3. The van der Waals surface area contributed by atoms with Crippen molar-refractivity contribution in [3.63, 3.8) is 0 Å². The molecule has 0 atom stereocenters. The Morgan fingerprint density at radius 2 is 2.10 bits per heavy atom. The van der Waals surface area contributed by atoms with Crippen LogP contribution in [0.2, 0.25) is 0 Å². The maximum atomic E-state index is 12.6. The minimum absolute atomic E-state index is 0.0927. The van der Waals surface area contributed by atoms with Crippen molar-refractivity contribution in [1.82, 2.24) is 20.4 Å². The molecule has 2 aromatic carbocycles. The molecule has 162 valence electrons. The summed E-state index contributed by atoms with van der Waals surface area (Å²) in [6.07, 6.45) is 0. The predicted molar refractivity (Wildman–Crippen MR) is 113 cm³/mol. The highest BCUT2D eigenvalue weighted by Crippen LogP contribution is 2.22. The Morgan fingerprint density at radius 1 is 1.26 bits per heavy atom. The van der Waals surface area contributed by atoms with Crippen molar-refractivity contribution in [3.05, 3.63) is 63.8 Å². The molecule has 1 saturated heterocycles. The molecule has 0 bridgehead atoms. The Kier molecular flexibility index (Phi) is 6.39. The fourth-order valence-electron chi connectivity index (χ4n) is 3.42.